The van der Waals surface area contributed by atoms with Crippen molar-refractivity contribution < 1.29 is 14.3 Å². The summed E-state index contributed by atoms with van der Waals surface area (Å²) in [5, 5.41) is 6.82. The minimum absolute atomic E-state index is 0.157. The van der Waals surface area contributed by atoms with Gasteiger partial charge in [-0.2, -0.15) is 0 Å². The number of ether oxygens (including phenoxy) is 2. The summed E-state index contributed by atoms with van der Waals surface area (Å²) in [6.07, 6.45) is 0. The smallest absolute Gasteiger partial charge is 0.257 e. The third-order valence-electron chi connectivity index (χ3n) is 4.71. The Labute approximate surface area is 209 Å². The lowest BCUT2D eigenvalue weighted by atomic mass is 10.2. The van der Waals surface area contributed by atoms with Crippen LogP contribution in [0.4, 0.5) is 5.69 Å². The summed E-state index contributed by atoms with van der Waals surface area (Å²) < 4.78 is 12.8. The first-order chi connectivity index (χ1) is 16.0. The Morgan fingerprint density at radius 2 is 1.91 bits per heavy atom. The summed E-state index contributed by atoms with van der Waals surface area (Å²) in [6, 6.07) is 18.8. The molecule has 0 unspecified atom stereocenters. The molecule has 2 N–H and O–H groups in total. The largest absolute Gasteiger partial charge is 0.495 e. The number of nitrogens with one attached hydrogen (secondary N) is 2. The number of thiazole rings is 1. The van der Waals surface area contributed by atoms with Gasteiger partial charge < -0.3 is 14.8 Å². The second kappa shape index (κ2) is 10.3. The fourth-order valence-corrected chi connectivity index (χ4v) is 4.84. The predicted octanol–water partition coefficient (Wildman–Crippen LogP) is 6.26. The van der Waals surface area contributed by atoms with Crippen molar-refractivity contribution in [1.82, 2.24) is 10.3 Å². The Balaban J connectivity index is 1.51. The van der Waals surface area contributed by atoms with E-state index in [0.717, 1.165) is 20.8 Å². The number of nitrogens with zero attached hydrogens (tertiary/aromatic N) is 1. The minimum Gasteiger partial charge on any atom is -0.495 e. The number of carbonyl (C=O) groups excluding carboxylic acids is 1. The van der Waals surface area contributed by atoms with E-state index in [1.807, 2.05) is 49.4 Å². The maximum absolute atomic E-state index is 12.7. The number of halogens is 1. The first-order valence-electron chi connectivity index (χ1n) is 10.1. The molecule has 0 atom stereocenters. The number of thiocarbonyl (C=S) groups is 1. The molecule has 33 heavy (non-hydrogen) atoms. The SMILES string of the molecule is CCOc1ccc(C(=O)NC(=S)Nc2cc(-c3nc4ccccc4s3)ccc2OC)cc1Br. The molecular formula is C24H20BrN3O3S2. The number of hydrogen-bond donors (Lipinski definition) is 2. The van der Waals surface area contributed by atoms with Crippen LogP contribution in [0.2, 0.25) is 0 Å². The lowest BCUT2D eigenvalue weighted by molar-refractivity contribution is 0.0977. The fraction of sp³-hybridized carbons (Fsp3) is 0.125. The first-order valence-corrected chi connectivity index (χ1v) is 12.1. The number of rotatable bonds is 6. The Bertz CT molecular complexity index is 1310. The van der Waals surface area contributed by atoms with Gasteiger partial charge in [0.1, 0.15) is 16.5 Å². The Kier molecular flexibility index (Phi) is 7.22. The van der Waals surface area contributed by atoms with Crippen LogP contribution < -0.4 is 20.1 Å². The molecule has 0 saturated carbocycles. The molecule has 0 spiro atoms. The minimum atomic E-state index is -0.336. The number of aromatic nitrogens is 1. The van der Waals surface area contributed by atoms with E-state index < -0.39 is 0 Å². The summed E-state index contributed by atoms with van der Waals surface area (Å²) in [5.74, 6) is 0.934. The van der Waals surface area contributed by atoms with Crippen LogP contribution in [0.1, 0.15) is 17.3 Å². The van der Waals surface area contributed by atoms with E-state index >= 15 is 0 Å². The van der Waals surface area contributed by atoms with Crippen LogP contribution in [0.3, 0.4) is 0 Å². The van der Waals surface area contributed by atoms with E-state index in [1.54, 1.807) is 36.6 Å². The van der Waals surface area contributed by atoms with Crippen molar-refractivity contribution in [2.45, 2.75) is 6.92 Å². The van der Waals surface area contributed by atoms with E-state index in [0.29, 0.717) is 33.8 Å². The molecule has 6 nitrogen and oxygen atoms in total. The van der Waals surface area contributed by atoms with Crippen LogP contribution in [-0.4, -0.2) is 29.7 Å². The number of methoxy groups -OCH3 is 1. The zero-order chi connectivity index (χ0) is 23.4. The maximum Gasteiger partial charge on any atom is 0.257 e. The summed E-state index contributed by atoms with van der Waals surface area (Å²) in [5.41, 5.74) is 2.95. The normalized spacial score (nSPS) is 10.6. The van der Waals surface area contributed by atoms with Gasteiger partial charge >= 0.3 is 0 Å². The Morgan fingerprint density at radius 3 is 2.64 bits per heavy atom. The van der Waals surface area contributed by atoms with Crippen LogP contribution in [0.5, 0.6) is 11.5 Å². The summed E-state index contributed by atoms with van der Waals surface area (Å²) in [4.78, 5) is 17.4. The highest BCUT2D eigenvalue weighted by Gasteiger charge is 2.14. The van der Waals surface area contributed by atoms with Crippen molar-refractivity contribution in [1.29, 1.82) is 0 Å². The highest BCUT2D eigenvalue weighted by Crippen LogP contribution is 2.35. The van der Waals surface area contributed by atoms with Gasteiger partial charge in [-0.3, -0.25) is 10.1 Å². The third-order valence-corrected chi connectivity index (χ3v) is 6.62. The van der Waals surface area contributed by atoms with Crippen molar-refractivity contribution in [3.8, 4) is 22.1 Å². The molecule has 1 aromatic heterocycles. The second-order valence-electron chi connectivity index (χ2n) is 6.89. The summed E-state index contributed by atoms with van der Waals surface area (Å²) in [6.45, 7) is 2.44. The molecule has 0 aliphatic rings. The zero-order valence-electron chi connectivity index (χ0n) is 17.8. The number of carbonyl (C=O) groups is 1. The molecule has 0 radical (unpaired) electrons. The van der Waals surface area contributed by atoms with Crippen LogP contribution in [0.15, 0.2) is 65.1 Å². The van der Waals surface area contributed by atoms with Gasteiger partial charge in [-0.25, -0.2) is 4.98 Å². The molecule has 0 bridgehead atoms. The predicted molar refractivity (Wildman–Crippen MR) is 141 cm³/mol. The number of amides is 1. The standard InChI is InChI=1S/C24H20BrN3O3S2/c1-3-31-19-10-8-14(12-16(19)25)22(29)28-24(32)27-18-13-15(9-11-20(18)30-2)23-26-17-6-4-5-7-21(17)33-23/h4-13H,3H2,1-2H3,(H2,27,28,29,32). The van der Waals surface area contributed by atoms with Gasteiger partial charge in [-0.15, -0.1) is 11.3 Å². The fourth-order valence-electron chi connectivity index (χ4n) is 3.18. The third kappa shape index (κ3) is 5.32. The molecule has 9 heteroatoms. The molecule has 4 aromatic rings. The lowest BCUT2D eigenvalue weighted by Gasteiger charge is -2.14. The Hall–Kier alpha value is -3.01. The average Bonchev–Trinajstić information content (AvgIpc) is 3.24. The van der Waals surface area contributed by atoms with Crippen LogP contribution >= 0.6 is 39.5 Å². The molecule has 3 aromatic carbocycles. The molecule has 4 rings (SSSR count). The van der Waals surface area contributed by atoms with E-state index in [1.165, 1.54) is 0 Å². The van der Waals surface area contributed by atoms with Crippen molar-refractivity contribution >= 4 is 66.4 Å². The molecule has 1 amide bonds. The zero-order valence-corrected chi connectivity index (χ0v) is 21.1. The molecule has 168 valence electrons. The van der Waals surface area contributed by atoms with Crippen molar-refractivity contribution in [3.05, 3.63) is 70.7 Å². The number of fused-ring (bicyclic) bond motifs is 1. The topological polar surface area (TPSA) is 72.5 Å². The van der Waals surface area contributed by atoms with Gasteiger partial charge in [0.15, 0.2) is 5.11 Å². The molecule has 0 aliphatic carbocycles. The van der Waals surface area contributed by atoms with Gasteiger partial charge in [0.2, 0.25) is 0 Å². The number of hydrogen-bond acceptors (Lipinski definition) is 6. The highest BCUT2D eigenvalue weighted by molar-refractivity contribution is 9.10. The Morgan fingerprint density at radius 1 is 1.12 bits per heavy atom. The van der Waals surface area contributed by atoms with Crippen molar-refractivity contribution in [2.75, 3.05) is 19.0 Å². The van der Waals surface area contributed by atoms with E-state index in [4.69, 9.17) is 26.7 Å². The number of benzene rings is 3. The van der Waals surface area contributed by atoms with Gasteiger partial charge in [0.05, 0.1) is 34.1 Å². The quantitative estimate of drug-likeness (QED) is 0.280. The monoisotopic (exact) mass is 541 g/mol. The number of para-hydroxylation sites is 1. The highest BCUT2D eigenvalue weighted by atomic mass is 79.9. The van der Waals surface area contributed by atoms with Gasteiger partial charge in [-0.1, -0.05) is 12.1 Å². The van der Waals surface area contributed by atoms with Crippen LogP contribution in [-0.2, 0) is 0 Å². The molecule has 0 fully saturated rings. The molecule has 1 heterocycles. The van der Waals surface area contributed by atoms with E-state index in [2.05, 4.69) is 26.6 Å². The molecule has 0 saturated heterocycles. The van der Waals surface area contributed by atoms with Crippen molar-refractivity contribution in [3.63, 3.8) is 0 Å². The second-order valence-corrected chi connectivity index (χ2v) is 9.18. The molecular weight excluding hydrogens is 522 g/mol. The summed E-state index contributed by atoms with van der Waals surface area (Å²) >= 11 is 10.4. The average molecular weight is 542 g/mol. The maximum atomic E-state index is 12.7. The lowest BCUT2D eigenvalue weighted by Crippen LogP contribution is -2.34. The number of anilines is 1. The first kappa shape index (κ1) is 23.2. The van der Waals surface area contributed by atoms with E-state index in [-0.39, 0.29) is 11.0 Å². The van der Waals surface area contributed by atoms with Gasteiger partial charge in [0.25, 0.3) is 5.91 Å². The summed E-state index contributed by atoms with van der Waals surface area (Å²) in [7, 11) is 1.58. The van der Waals surface area contributed by atoms with Crippen LogP contribution in [0, 0.1) is 0 Å². The molecule has 0 aliphatic heterocycles. The van der Waals surface area contributed by atoms with Crippen LogP contribution in [0.25, 0.3) is 20.8 Å². The van der Waals surface area contributed by atoms with E-state index in [9.17, 15) is 4.79 Å². The van der Waals surface area contributed by atoms with Gasteiger partial charge in [-0.05, 0) is 83.6 Å². The van der Waals surface area contributed by atoms with Crippen molar-refractivity contribution in [2.24, 2.45) is 0 Å². The van der Waals surface area contributed by atoms with Gasteiger partial charge in [0, 0.05) is 11.1 Å².